The van der Waals surface area contributed by atoms with Crippen molar-refractivity contribution in [2.24, 2.45) is 5.84 Å². The molecule has 1 heterocycles. The monoisotopic (exact) mass is 277 g/mol. The summed E-state index contributed by atoms with van der Waals surface area (Å²) in [6.07, 6.45) is 1.78. The van der Waals surface area contributed by atoms with Crippen LogP contribution in [-0.4, -0.2) is 4.98 Å². The van der Waals surface area contributed by atoms with Crippen molar-refractivity contribution in [1.82, 2.24) is 4.98 Å². The fourth-order valence-corrected chi connectivity index (χ4v) is 2.66. The Morgan fingerprint density at radius 2 is 1.81 bits per heavy atom. The van der Waals surface area contributed by atoms with E-state index in [-0.39, 0.29) is 0 Å². The number of aryl methyl sites for hydroxylation is 1. The van der Waals surface area contributed by atoms with Gasteiger partial charge in [0, 0.05) is 17.4 Å². The SMILES string of the molecule is CCc1cccc2cc(Cc3ccccc3)c(NN)nc12. The molecule has 2 aromatic carbocycles. The third-order valence-corrected chi connectivity index (χ3v) is 3.76. The third-order valence-electron chi connectivity index (χ3n) is 3.76. The van der Waals surface area contributed by atoms with Gasteiger partial charge in [-0.1, -0.05) is 55.5 Å². The molecule has 0 unspecified atom stereocenters. The van der Waals surface area contributed by atoms with Gasteiger partial charge < -0.3 is 5.43 Å². The van der Waals surface area contributed by atoms with Crippen LogP contribution in [0.25, 0.3) is 10.9 Å². The molecule has 3 nitrogen and oxygen atoms in total. The topological polar surface area (TPSA) is 50.9 Å². The lowest BCUT2D eigenvalue weighted by molar-refractivity contribution is 1.11. The minimum atomic E-state index is 0.757. The molecule has 0 bridgehead atoms. The Kier molecular flexibility index (Phi) is 3.84. The van der Waals surface area contributed by atoms with Crippen molar-refractivity contribution in [3.63, 3.8) is 0 Å². The van der Waals surface area contributed by atoms with E-state index < -0.39 is 0 Å². The van der Waals surface area contributed by atoms with Gasteiger partial charge in [-0.2, -0.15) is 0 Å². The fraction of sp³-hybridized carbons (Fsp3) is 0.167. The first-order chi connectivity index (χ1) is 10.3. The van der Waals surface area contributed by atoms with Crippen molar-refractivity contribution in [2.45, 2.75) is 19.8 Å². The van der Waals surface area contributed by atoms with Gasteiger partial charge in [0.1, 0.15) is 5.82 Å². The number of hydrogen-bond donors (Lipinski definition) is 2. The average molecular weight is 277 g/mol. The molecule has 0 atom stereocenters. The van der Waals surface area contributed by atoms with Crippen LogP contribution in [0.5, 0.6) is 0 Å². The summed E-state index contributed by atoms with van der Waals surface area (Å²) in [5.41, 5.74) is 7.39. The molecule has 0 aliphatic carbocycles. The van der Waals surface area contributed by atoms with E-state index in [0.717, 1.165) is 29.7 Å². The number of nitrogens with two attached hydrogens (primary N) is 1. The highest BCUT2D eigenvalue weighted by Crippen LogP contribution is 2.25. The lowest BCUT2D eigenvalue weighted by atomic mass is 10.0. The number of hydrogen-bond acceptors (Lipinski definition) is 3. The summed E-state index contributed by atoms with van der Waals surface area (Å²) in [6.45, 7) is 2.14. The van der Waals surface area contributed by atoms with Gasteiger partial charge in [-0.15, -0.1) is 0 Å². The van der Waals surface area contributed by atoms with E-state index in [1.165, 1.54) is 16.5 Å². The second kappa shape index (κ2) is 5.94. The molecule has 3 rings (SSSR count). The molecule has 3 N–H and O–H groups in total. The second-order valence-electron chi connectivity index (χ2n) is 5.15. The number of nitrogens with zero attached hydrogens (tertiary/aromatic N) is 1. The molecule has 0 radical (unpaired) electrons. The highest BCUT2D eigenvalue weighted by Gasteiger charge is 2.09. The van der Waals surface area contributed by atoms with Gasteiger partial charge in [0.25, 0.3) is 0 Å². The highest BCUT2D eigenvalue weighted by molar-refractivity contribution is 5.84. The number of fused-ring (bicyclic) bond motifs is 1. The lowest BCUT2D eigenvalue weighted by Gasteiger charge is -2.12. The maximum Gasteiger partial charge on any atom is 0.144 e. The number of anilines is 1. The number of pyridine rings is 1. The molecule has 0 spiro atoms. The van der Waals surface area contributed by atoms with Crippen molar-refractivity contribution in [2.75, 3.05) is 5.43 Å². The number of para-hydroxylation sites is 1. The zero-order valence-corrected chi connectivity index (χ0v) is 12.1. The summed E-state index contributed by atoms with van der Waals surface area (Å²) < 4.78 is 0. The summed E-state index contributed by atoms with van der Waals surface area (Å²) in [7, 11) is 0. The molecule has 106 valence electrons. The van der Waals surface area contributed by atoms with E-state index in [1.54, 1.807) is 0 Å². The molecule has 0 amide bonds. The van der Waals surface area contributed by atoms with Crippen LogP contribution in [0.1, 0.15) is 23.6 Å². The summed E-state index contributed by atoms with van der Waals surface area (Å²) in [5, 5.41) is 1.17. The minimum absolute atomic E-state index is 0.757. The first-order valence-corrected chi connectivity index (χ1v) is 7.24. The van der Waals surface area contributed by atoms with Crippen molar-refractivity contribution in [3.05, 3.63) is 71.3 Å². The Balaban J connectivity index is 2.10. The molecule has 0 aliphatic heterocycles. The minimum Gasteiger partial charge on any atom is -0.308 e. The highest BCUT2D eigenvalue weighted by atomic mass is 15.2. The van der Waals surface area contributed by atoms with Gasteiger partial charge >= 0.3 is 0 Å². The number of rotatable bonds is 4. The molecule has 0 aliphatic rings. The third kappa shape index (κ3) is 2.73. The largest absolute Gasteiger partial charge is 0.308 e. The smallest absolute Gasteiger partial charge is 0.144 e. The standard InChI is InChI=1S/C18H19N3/c1-2-14-9-6-10-15-12-16(18(21-19)20-17(14)15)11-13-7-4-3-5-8-13/h3-10,12H,2,11,19H2,1H3,(H,20,21). The van der Waals surface area contributed by atoms with Gasteiger partial charge in [0.15, 0.2) is 0 Å². The molecule has 3 heteroatoms. The van der Waals surface area contributed by atoms with E-state index in [0.29, 0.717) is 0 Å². The van der Waals surface area contributed by atoms with Crippen LogP contribution in [0.2, 0.25) is 0 Å². The lowest BCUT2D eigenvalue weighted by Crippen LogP contribution is -2.12. The number of benzene rings is 2. The van der Waals surface area contributed by atoms with Gasteiger partial charge in [0.2, 0.25) is 0 Å². The van der Waals surface area contributed by atoms with E-state index in [1.807, 2.05) is 6.07 Å². The normalized spacial score (nSPS) is 10.8. The van der Waals surface area contributed by atoms with Crippen LogP contribution in [0, 0.1) is 0 Å². The molecular formula is C18H19N3. The molecule has 0 saturated carbocycles. The maximum atomic E-state index is 5.67. The predicted octanol–water partition coefficient (Wildman–Crippen LogP) is 3.67. The van der Waals surface area contributed by atoms with Gasteiger partial charge in [0.05, 0.1) is 5.52 Å². The quantitative estimate of drug-likeness (QED) is 0.565. The fourth-order valence-electron chi connectivity index (χ4n) is 2.66. The number of nitrogen functional groups attached to an aromatic ring is 1. The van der Waals surface area contributed by atoms with Gasteiger partial charge in [-0.05, 0) is 23.6 Å². The first kappa shape index (κ1) is 13.6. The van der Waals surface area contributed by atoms with Gasteiger partial charge in [-0.3, -0.25) is 0 Å². The molecule has 21 heavy (non-hydrogen) atoms. The molecular weight excluding hydrogens is 258 g/mol. The van der Waals surface area contributed by atoms with Crippen LogP contribution in [0.3, 0.4) is 0 Å². The first-order valence-electron chi connectivity index (χ1n) is 7.24. The van der Waals surface area contributed by atoms with E-state index in [2.05, 4.69) is 60.9 Å². The van der Waals surface area contributed by atoms with Crippen molar-refractivity contribution in [3.8, 4) is 0 Å². The Morgan fingerprint density at radius 3 is 2.52 bits per heavy atom. The van der Waals surface area contributed by atoms with Crippen LogP contribution in [0.4, 0.5) is 5.82 Å². The van der Waals surface area contributed by atoms with E-state index in [9.17, 15) is 0 Å². The van der Waals surface area contributed by atoms with Crippen LogP contribution in [0.15, 0.2) is 54.6 Å². The average Bonchev–Trinajstić information content (AvgIpc) is 2.54. The number of nitrogens with one attached hydrogen (secondary N) is 1. The van der Waals surface area contributed by atoms with E-state index >= 15 is 0 Å². The molecule has 3 aromatic rings. The Labute approximate surface area is 124 Å². The summed E-state index contributed by atoms with van der Waals surface area (Å²) in [5.74, 6) is 6.43. The molecule has 0 saturated heterocycles. The van der Waals surface area contributed by atoms with Crippen LogP contribution in [-0.2, 0) is 12.8 Å². The Hall–Kier alpha value is -2.39. The number of aromatic nitrogens is 1. The summed E-state index contributed by atoms with van der Waals surface area (Å²) >= 11 is 0. The van der Waals surface area contributed by atoms with E-state index in [4.69, 9.17) is 10.8 Å². The number of hydrazine groups is 1. The van der Waals surface area contributed by atoms with Gasteiger partial charge in [-0.25, -0.2) is 10.8 Å². The van der Waals surface area contributed by atoms with Crippen LogP contribution >= 0.6 is 0 Å². The Morgan fingerprint density at radius 1 is 1.00 bits per heavy atom. The van der Waals surface area contributed by atoms with Crippen LogP contribution < -0.4 is 11.3 Å². The maximum absolute atomic E-state index is 5.67. The van der Waals surface area contributed by atoms with Crippen molar-refractivity contribution in [1.29, 1.82) is 0 Å². The second-order valence-corrected chi connectivity index (χ2v) is 5.15. The molecule has 1 aromatic heterocycles. The molecule has 0 fully saturated rings. The van der Waals surface area contributed by atoms with Crippen molar-refractivity contribution < 1.29 is 0 Å². The zero-order valence-electron chi connectivity index (χ0n) is 12.1. The summed E-state index contributed by atoms with van der Waals surface area (Å²) in [6, 6.07) is 18.9. The summed E-state index contributed by atoms with van der Waals surface area (Å²) in [4.78, 5) is 4.72. The zero-order chi connectivity index (χ0) is 14.7. The Bertz CT molecular complexity index is 751. The van der Waals surface area contributed by atoms with Crippen molar-refractivity contribution >= 4 is 16.7 Å². The predicted molar refractivity (Wildman–Crippen MR) is 88.2 cm³/mol.